The molecule has 3 nitrogen and oxygen atoms in total. The van der Waals surface area contributed by atoms with Crippen LogP contribution in [0.3, 0.4) is 0 Å². The zero-order chi connectivity index (χ0) is 10.3. The molecule has 0 saturated carbocycles. The first-order valence-electron chi connectivity index (χ1n) is 5.51. The molecule has 14 heavy (non-hydrogen) atoms. The van der Waals surface area contributed by atoms with Crippen LogP contribution in [0, 0.1) is 17.8 Å². The summed E-state index contributed by atoms with van der Waals surface area (Å²) in [7, 11) is 4.13. The zero-order valence-electron chi connectivity index (χ0n) is 9.36. The predicted octanol–water partition coefficient (Wildman–Crippen LogP) is 0.662. The van der Waals surface area contributed by atoms with Crippen LogP contribution in [0.1, 0.15) is 13.3 Å². The number of amides is 1. The van der Waals surface area contributed by atoms with Gasteiger partial charge in [-0.2, -0.15) is 0 Å². The SMILES string of the molecule is CC1CC2CN(C)CC2CN(C)C1=O. The van der Waals surface area contributed by atoms with Gasteiger partial charge in [0.15, 0.2) is 0 Å². The first-order chi connectivity index (χ1) is 6.58. The van der Waals surface area contributed by atoms with Gasteiger partial charge in [0.2, 0.25) is 5.91 Å². The molecular formula is C11H20N2O. The fourth-order valence-electron chi connectivity index (χ4n) is 3.02. The number of hydrogen-bond donors (Lipinski definition) is 0. The number of nitrogens with zero attached hydrogens (tertiary/aromatic N) is 2. The van der Waals surface area contributed by atoms with Crippen molar-refractivity contribution in [3.63, 3.8) is 0 Å². The van der Waals surface area contributed by atoms with Crippen molar-refractivity contribution in [1.29, 1.82) is 0 Å². The molecule has 0 bridgehead atoms. The molecule has 2 rings (SSSR count). The molecule has 80 valence electrons. The summed E-state index contributed by atoms with van der Waals surface area (Å²) >= 11 is 0. The third kappa shape index (κ3) is 1.65. The van der Waals surface area contributed by atoms with Crippen molar-refractivity contribution < 1.29 is 4.79 Å². The lowest BCUT2D eigenvalue weighted by Crippen LogP contribution is -2.33. The maximum Gasteiger partial charge on any atom is 0.225 e. The van der Waals surface area contributed by atoms with Crippen LogP contribution in [-0.2, 0) is 4.79 Å². The van der Waals surface area contributed by atoms with Crippen molar-refractivity contribution in [1.82, 2.24) is 9.80 Å². The number of likely N-dealkylation sites (tertiary alicyclic amines) is 2. The number of carbonyl (C=O) groups is 1. The Morgan fingerprint density at radius 1 is 1.14 bits per heavy atom. The fourth-order valence-corrected chi connectivity index (χ4v) is 3.02. The van der Waals surface area contributed by atoms with Gasteiger partial charge in [-0.05, 0) is 25.3 Å². The smallest absolute Gasteiger partial charge is 0.225 e. The Hall–Kier alpha value is -0.570. The molecular weight excluding hydrogens is 176 g/mol. The van der Waals surface area contributed by atoms with E-state index in [-0.39, 0.29) is 5.92 Å². The van der Waals surface area contributed by atoms with Gasteiger partial charge in [-0.15, -0.1) is 0 Å². The van der Waals surface area contributed by atoms with Crippen molar-refractivity contribution >= 4 is 5.91 Å². The number of fused-ring (bicyclic) bond motifs is 1. The first-order valence-corrected chi connectivity index (χ1v) is 5.51. The summed E-state index contributed by atoms with van der Waals surface area (Å²) in [5.41, 5.74) is 0. The number of carbonyl (C=O) groups excluding carboxylic acids is 1. The quantitative estimate of drug-likeness (QED) is 0.568. The third-order valence-electron chi connectivity index (χ3n) is 3.72. The second-order valence-electron chi connectivity index (χ2n) is 5.10. The molecule has 0 aliphatic carbocycles. The van der Waals surface area contributed by atoms with Gasteiger partial charge in [0.1, 0.15) is 0 Å². The standard InChI is InChI=1S/C11H20N2O/c1-8-4-9-5-12(2)6-10(9)7-13(3)11(8)14/h8-10H,4-7H2,1-3H3. The van der Waals surface area contributed by atoms with E-state index in [0.717, 1.165) is 25.4 Å². The highest BCUT2D eigenvalue weighted by Crippen LogP contribution is 2.32. The van der Waals surface area contributed by atoms with Gasteiger partial charge in [-0.25, -0.2) is 0 Å². The molecule has 0 radical (unpaired) electrons. The molecule has 2 heterocycles. The fraction of sp³-hybridized carbons (Fsp3) is 0.909. The van der Waals surface area contributed by atoms with Gasteiger partial charge in [-0.1, -0.05) is 6.92 Å². The van der Waals surface area contributed by atoms with Crippen LogP contribution in [0.2, 0.25) is 0 Å². The van der Waals surface area contributed by atoms with Crippen LogP contribution in [0.25, 0.3) is 0 Å². The Balaban J connectivity index is 2.12. The third-order valence-corrected chi connectivity index (χ3v) is 3.72. The van der Waals surface area contributed by atoms with Crippen molar-refractivity contribution in [3.05, 3.63) is 0 Å². The molecule has 0 N–H and O–H groups in total. The van der Waals surface area contributed by atoms with Crippen LogP contribution < -0.4 is 0 Å². The lowest BCUT2D eigenvalue weighted by atomic mass is 9.89. The van der Waals surface area contributed by atoms with Crippen LogP contribution in [0.5, 0.6) is 0 Å². The van der Waals surface area contributed by atoms with Gasteiger partial charge in [0.25, 0.3) is 0 Å². The molecule has 2 aliphatic rings. The average molecular weight is 196 g/mol. The molecule has 2 fully saturated rings. The van der Waals surface area contributed by atoms with Crippen LogP contribution in [0.15, 0.2) is 0 Å². The minimum absolute atomic E-state index is 0.224. The minimum Gasteiger partial charge on any atom is -0.345 e. The van der Waals surface area contributed by atoms with Crippen molar-refractivity contribution in [3.8, 4) is 0 Å². The molecule has 1 amide bonds. The molecule has 0 aromatic heterocycles. The van der Waals surface area contributed by atoms with Crippen LogP contribution >= 0.6 is 0 Å². The van der Waals surface area contributed by atoms with E-state index in [9.17, 15) is 4.79 Å². The summed E-state index contributed by atoms with van der Waals surface area (Å²) in [5.74, 6) is 2.01. The molecule has 2 aliphatic heterocycles. The Morgan fingerprint density at radius 2 is 1.79 bits per heavy atom. The Morgan fingerprint density at radius 3 is 2.50 bits per heavy atom. The second kappa shape index (κ2) is 3.54. The highest BCUT2D eigenvalue weighted by molar-refractivity contribution is 5.78. The van der Waals surface area contributed by atoms with E-state index >= 15 is 0 Å². The van der Waals surface area contributed by atoms with Crippen LogP contribution in [0.4, 0.5) is 0 Å². The van der Waals surface area contributed by atoms with Crippen LogP contribution in [-0.4, -0.2) is 49.4 Å². The normalized spacial score (nSPS) is 39.8. The zero-order valence-corrected chi connectivity index (χ0v) is 9.36. The van der Waals surface area contributed by atoms with Gasteiger partial charge >= 0.3 is 0 Å². The lowest BCUT2D eigenvalue weighted by Gasteiger charge is -2.20. The number of rotatable bonds is 0. The summed E-state index contributed by atoms with van der Waals surface area (Å²) in [6.07, 6.45) is 1.08. The predicted molar refractivity (Wildman–Crippen MR) is 55.9 cm³/mol. The molecule has 0 aromatic rings. The summed E-state index contributed by atoms with van der Waals surface area (Å²) < 4.78 is 0. The summed E-state index contributed by atoms with van der Waals surface area (Å²) in [4.78, 5) is 16.1. The van der Waals surface area contributed by atoms with E-state index in [0.29, 0.717) is 11.8 Å². The Kier molecular flexibility index (Phi) is 2.52. The first kappa shape index (κ1) is 9.97. The minimum atomic E-state index is 0.224. The van der Waals surface area contributed by atoms with E-state index in [1.807, 2.05) is 11.9 Å². The highest BCUT2D eigenvalue weighted by atomic mass is 16.2. The topological polar surface area (TPSA) is 23.6 Å². The van der Waals surface area contributed by atoms with Gasteiger partial charge in [0.05, 0.1) is 0 Å². The maximum atomic E-state index is 11.8. The Bertz CT molecular complexity index is 219. The monoisotopic (exact) mass is 196 g/mol. The largest absolute Gasteiger partial charge is 0.345 e. The van der Waals surface area contributed by atoms with Gasteiger partial charge in [-0.3, -0.25) is 4.79 Å². The molecule has 3 unspecified atom stereocenters. The van der Waals surface area contributed by atoms with E-state index < -0.39 is 0 Å². The second-order valence-corrected chi connectivity index (χ2v) is 5.10. The summed E-state index contributed by atoms with van der Waals surface area (Å²) in [5, 5.41) is 0. The molecule has 0 aromatic carbocycles. The lowest BCUT2D eigenvalue weighted by molar-refractivity contribution is -0.133. The summed E-state index contributed by atoms with van der Waals surface area (Å²) in [6, 6.07) is 0. The van der Waals surface area contributed by atoms with E-state index in [1.165, 1.54) is 6.54 Å². The number of hydrogen-bond acceptors (Lipinski definition) is 2. The summed E-state index contributed by atoms with van der Waals surface area (Å²) in [6.45, 7) is 5.36. The van der Waals surface area contributed by atoms with Crippen molar-refractivity contribution in [2.24, 2.45) is 17.8 Å². The molecule has 2 saturated heterocycles. The average Bonchev–Trinajstić information content (AvgIpc) is 2.40. The Labute approximate surface area is 86.1 Å². The van der Waals surface area contributed by atoms with Gasteiger partial charge in [0, 0.05) is 32.6 Å². The van der Waals surface area contributed by atoms with E-state index in [2.05, 4.69) is 18.9 Å². The van der Waals surface area contributed by atoms with E-state index in [1.54, 1.807) is 0 Å². The molecule has 0 spiro atoms. The van der Waals surface area contributed by atoms with Crippen molar-refractivity contribution in [2.75, 3.05) is 33.7 Å². The molecule has 3 heteroatoms. The molecule has 3 atom stereocenters. The maximum absolute atomic E-state index is 11.8. The highest BCUT2D eigenvalue weighted by Gasteiger charge is 2.37. The van der Waals surface area contributed by atoms with E-state index in [4.69, 9.17) is 0 Å². The van der Waals surface area contributed by atoms with Gasteiger partial charge < -0.3 is 9.80 Å². The van der Waals surface area contributed by atoms with Crippen molar-refractivity contribution in [2.45, 2.75) is 13.3 Å².